The molecule has 0 aromatic heterocycles. The van der Waals surface area contributed by atoms with Crippen LogP contribution in [-0.4, -0.2) is 52.1 Å². The Morgan fingerprint density at radius 1 is 0.969 bits per heavy atom. The molecule has 0 saturated carbocycles. The zero-order valence-corrected chi connectivity index (χ0v) is 17.5. The maximum absolute atomic E-state index is 14.4. The summed E-state index contributed by atoms with van der Waals surface area (Å²) < 4.78 is 28.2. The van der Waals surface area contributed by atoms with Crippen molar-refractivity contribution in [3.05, 3.63) is 107 Å². The van der Waals surface area contributed by atoms with E-state index in [0.29, 0.717) is 18.7 Å². The van der Waals surface area contributed by atoms with Gasteiger partial charge in [0.1, 0.15) is 11.6 Å². The Hall–Kier alpha value is -3.09. The van der Waals surface area contributed by atoms with Gasteiger partial charge in [-0.3, -0.25) is 9.69 Å². The van der Waals surface area contributed by atoms with Crippen LogP contribution in [0.3, 0.4) is 0 Å². The molecular weight excluding hydrogens is 410 g/mol. The summed E-state index contributed by atoms with van der Waals surface area (Å²) in [7, 11) is 0. The van der Waals surface area contributed by atoms with Crippen molar-refractivity contribution in [3.63, 3.8) is 0 Å². The molecule has 0 radical (unpaired) electrons. The first-order chi connectivity index (χ1) is 15.5. The first kappa shape index (κ1) is 20.8. The molecule has 3 aromatic rings. The highest BCUT2D eigenvalue weighted by Gasteiger charge is 2.66. The fourth-order valence-electron chi connectivity index (χ4n) is 5.38. The van der Waals surface area contributed by atoms with Crippen LogP contribution in [-0.2, 0) is 6.54 Å². The van der Waals surface area contributed by atoms with E-state index in [4.69, 9.17) is 0 Å². The molecule has 32 heavy (non-hydrogen) atoms. The Morgan fingerprint density at radius 2 is 1.62 bits per heavy atom. The number of carbonyl (C=O) groups excluding carboxylic acids is 1. The number of carbonyl (C=O) groups is 1. The maximum Gasteiger partial charge on any atom is 0.253 e. The number of halogens is 2. The third-order valence-electron chi connectivity index (χ3n) is 6.87. The maximum atomic E-state index is 14.4. The Labute approximate surface area is 185 Å². The van der Waals surface area contributed by atoms with Crippen LogP contribution in [0.5, 0.6) is 0 Å². The van der Waals surface area contributed by atoms with Crippen LogP contribution in [0, 0.1) is 11.6 Å². The number of amides is 1. The summed E-state index contributed by atoms with van der Waals surface area (Å²) in [5.74, 6) is -1.03. The summed E-state index contributed by atoms with van der Waals surface area (Å²) in [6, 6.07) is 22.2. The van der Waals surface area contributed by atoms with Crippen LogP contribution < -0.4 is 0 Å². The summed E-state index contributed by atoms with van der Waals surface area (Å²) in [4.78, 5) is 16.8. The van der Waals surface area contributed by atoms with Crippen molar-refractivity contribution in [3.8, 4) is 0 Å². The minimum atomic E-state index is -0.495. The molecule has 3 aromatic carbocycles. The van der Waals surface area contributed by atoms with Crippen molar-refractivity contribution in [1.29, 1.82) is 0 Å². The molecule has 0 aliphatic carbocycles. The van der Waals surface area contributed by atoms with Crippen LogP contribution in [0.1, 0.15) is 27.4 Å². The molecule has 1 spiro atoms. The van der Waals surface area contributed by atoms with Gasteiger partial charge in [-0.15, -0.1) is 0 Å². The number of hydrogen-bond donors (Lipinski definition) is 1. The van der Waals surface area contributed by atoms with E-state index in [1.54, 1.807) is 17.0 Å². The van der Waals surface area contributed by atoms with Crippen LogP contribution in [0.2, 0.25) is 0 Å². The number of aliphatic hydroxyl groups is 1. The third-order valence-corrected chi connectivity index (χ3v) is 6.87. The van der Waals surface area contributed by atoms with Gasteiger partial charge < -0.3 is 10.0 Å². The largest absolute Gasteiger partial charge is 0.395 e. The number of aliphatic hydroxyl groups excluding tert-OH is 1. The van der Waals surface area contributed by atoms with Gasteiger partial charge in [-0.05, 0) is 35.9 Å². The number of hydrogen-bond acceptors (Lipinski definition) is 3. The van der Waals surface area contributed by atoms with Gasteiger partial charge in [0.05, 0.1) is 12.1 Å². The predicted molar refractivity (Wildman–Crippen MR) is 117 cm³/mol. The molecule has 5 rings (SSSR count). The van der Waals surface area contributed by atoms with E-state index >= 15 is 0 Å². The molecule has 0 unspecified atom stereocenters. The summed E-state index contributed by atoms with van der Waals surface area (Å²) in [6.45, 7) is 0.998. The molecule has 4 nitrogen and oxygen atoms in total. The van der Waals surface area contributed by atoms with Gasteiger partial charge in [0, 0.05) is 42.7 Å². The van der Waals surface area contributed by atoms with Gasteiger partial charge in [-0.2, -0.15) is 0 Å². The normalized spacial score (nSPS) is 21.8. The van der Waals surface area contributed by atoms with Crippen LogP contribution in [0.15, 0.2) is 78.9 Å². The number of likely N-dealkylation sites (tertiary alicyclic amines) is 2. The second-order valence-corrected chi connectivity index (χ2v) is 8.63. The van der Waals surface area contributed by atoms with Crippen molar-refractivity contribution in [2.24, 2.45) is 0 Å². The minimum Gasteiger partial charge on any atom is -0.395 e. The molecular formula is C26H24F2N2O2. The molecule has 2 atom stereocenters. The molecule has 2 heterocycles. The standard InChI is InChI=1S/C26H24F2N2O2/c27-21-11-12-22(28)20(13-21)14-30-23(15-31)24(18-7-3-1-4-8-18)26(30)16-29(17-26)25(32)19-9-5-2-6-10-19/h1-13,23-24,31H,14-17H2/t23-,24+/m0/s1. The lowest BCUT2D eigenvalue weighted by Crippen LogP contribution is -2.84. The zero-order chi connectivity index (χ0) is 22.3. The topological polar surface area (TPSA) is 43.8 Å². The summed E-state index contributed by atoms with van der Waals surface area (Å²) >= 11 is 0. The lowest BCUT2D eigenvalue weighted by atomic mass is 9.60. The second kappa shape index (κ2) is 8.11. The third kappa shape index (κ3) is 3.31. The molecule has 6 heteroatoms. The zero-order valence-electron chi connectivity index (χ0n) is 17.5. The second-order valence-electron chi connectivity index (χ2n) is 8.63. The fraction of sp³-hybridized carbons (Fsp3) is 0.269. The molecule has 2 saturated heterocycles. The highest BCUT2D eigenvalue weighted by molar-refractivity contribution is 5.95. The monoisotopic (exact) mass is 434 g/mol. The van der Waals surface area contributed by atoms with E-state index in [0.717, 1.165) is 17.7 Å². The Bertz CT molecular complexity index is 1120. The fourth-order valence-corrected chi connectivity index (χ4v) is 5.38. The molecule has 2 fully saturated rings. The van der Waals surface area contributed by atoms with Gasteiger partial charge in [-0.25, -0.2) is 8.78 Å². The molecule has 0 bridgehead atoms. The first-order valence-corrected chi connectivity index (χ1v) is 10.7. The highest BCUT2D eigenvalue weighted by Crippen LogP contribution is 2.54. The van der Waals surface area contributed by atoms with E-state index in [2.05, 4.69) is 0 Å². The molecule has 1 N–H and O–H groups in total. The average Bonchev–Trinajstić information content (AvgIpc) is 2.79. The number of rotatable bonds is 5. The van der Waals surface area contributed by atoms with Gasteiger partial charge in [0.2, 0.25) is 0 Å². The number of nitrogens with zero attached hydrogens (tertiary/aromatic N) is 2. The Kier molecular flexibility index (Phi) is 5.27. The summed E-state index contributed by atoms with van der Waals surface area (Å²) in [6.07, 6.45) is 0. The quantitative estimate of drug-likeness (QED) is 0.664. The lowest BCUT2D eigenvalue weighted by Gasteiger charge is -2.70. The van der Waals surface area contributed by atoms with E-state index in [9.17, 15) is 18.7 Å². The Morgan fingerprint density at radius 3 is 2.28 bits per heavy atom. The molecule has 164 valence electrons. The average molecular weight is 434 g/mol. The first-order valence-electron chi connectivity index (χ1n) is 10.7. The van der Waals surface area contributed by atoms with Crippen LogP contribution in [0.25, 0.3) is 0 Å². The van der Waals surface area contributed by atoms with Gasteiger partial charge in [-0.1, -0.05) is 48.5 Å². The van der Waals surface area contributed by atoms with Crippen LogP contribution >= 0.6 is 0 Å². The van der Waals surface area contributed by atoms with E-state index < -0.39 is 17.2 Å². The summed E-state index contributed by atoms with van der Waals surface area (Å²) in [5.41, 5.74) is 1.52. The van der Waals surface area contributed by atoms with Crippen molar-refractivity contribution < 1.29 is 18.7 Å². The smallest absolute Gasteiger partial charge is 0.253 e. The lowest BCUT2D eigenvalue weighted by molar-refractivity contribution is -0.184. The SMILES string of the molecule is O=C(c1ccccc1)N1CC2(C1)[C@H](c1ccccc1)[C@H](CO)N2Cc1cc(F)ccc1F. The van der Waals surface area contributed by atoms with E-state index in [1.165, 1.54) is 6.07 Å². The van der Waals surface area contributed by atoms with Gasteiger partial charge in [0.15, 0.2) is 0 Å². The number of benzene rings is 3. The Balaban J connectivity index is 1.46. The van der Waals surface area contributed by atoms with Gasteiger partial charge >= 0.3 is 0 Å². The summed E-state index contributed by atoms with van der Waals surface area (Å²) in [5, 5.41) is 10.2. The molecule has 2 aliphatic heterocycles. The predicted octanol–water partition coefficient (Wildman–Crippen LogP) is 3.82. The van der Waals surface area contributed by atoms with Gasteiger partial charge in [0.25, 0.3) is 5.91 Å². The molecule has 1 amide bonds. The van der Waals surface area contributed by atoms with Crippen LogP contribution in [0.4, 0.5) is 8.78 Å². The van der Waals surface area contributed by atoms with Crippen molar-refractivity contribution >= 4 is 5.91 Å². The minimum absolute atomic E-state index is 0.00913. The van der Waals surface area contributed by atoms with Crippen molar-refractivity contribution in [2.45, 2.75) is 24.0 Å². The van der Waals surface area contributed by atoms with Crippen molar-refractivity contribution in [2.75, 3.05) is 19.7 Å². The highest BCUT2D eigenvalue weighted by atomic mass is 19.1. The van der Waals surface area contributed by atoms with Crippen molar-refractivity contribution in [1.82, 2.24) is 9.80 Å². The molecule has 2 aliphatic rings. The van der Waals surface area contributed by atoms with E-state index in [-0.39, 0.29) is 36.6 Å². The van der Waals surface area contributed by atoms with E-state index in [1.807, 2.05) is 53.4 Å².